The average molecular weight is 249 g/mol. The zero-order valence-corrected chi connectivity index (χ0v) is 10.7. The first-order valence-electron chi connectivity index (χ1n) is 6.51. The van der Waals surface area contributed by atoms with E-state index in [0.29, 0.717) is 24.5 Å². The van der Waals surface area contributed by atoms with Crippen molar-refractivity contribution in [3.05, 3.63) is 24.0 Å². The van der Waals surface area contributed by atoms with Gasteiger partial charge in [-0.25, -0.2) is 0 Å². The molecule has 0 radical (unpaired) electrons. The molecule has 1 unspecified atom stereocenters. The van der Waals surface area contributed by atoms with Crippen LogP contribution in [0.25, 0.3) is 0 Å². The lowest BCUT2D eigenvalue weighted by molar-refractivity contribution is 0.0461. The molecule has 0 aromatic carbocycles. The summed E-state index contributed by atoms with van der Waals surface area (Å²) >= 11 is 0. The molecule has 0 spiro atoms. The standard InChI is InChI=1S/C14H19NO3/c1-2-5-18-13-7-12(8-15-9-13)14(16)11-4-3-6-17-10-11/h7-9,11H,2-6,10H2,1H3. The number of carbonyl (C=O) groups is 1. The Morgan fingerprint density at radius 1 is 1.56 bits per heavy atom. The summed E-state index contributed by atoms with van der Waals surface area (Å²) in [5.41, 5.74) is 0.624. The Bertz CT molecular complexity index is 400. The monoisotopic (exact) mass is 249 g/mol. The maximum atomic E-state index is 12.3. The molecule has 1 aromatic rings. The Morgan fingerprint density at radius 3 is 3.17 bits per heavy atom. The van der Waals surface area contributed by atoms with E-state index in [2.05, 4.69) is 4.98 Å². The van der Waals surface area contributed by atoms with Gasteiger partial charge in [0.05, 0.1) is 19.4 Å². The van der Waals surface area contributed by atoms with Crippen LogP contribution in [-0.4, -0.2) is 30.6 Å². The van der Waals surface area contributed by atoms with Gasteiger partial charge in [-0.2, -0.15) is 0 Å². The van der Waals surface area contributed by atoms with Crippen molar-refractivity contribution in [2.75, 3.05) is 19.8 Å². The molecule has 1 aliphatic rings. The first-order chi connectivity index (χ1) is 8.81. The highest BCUT2D eigenvalue weighted by molar-refractivity contribution is 5.98. The van der Waals surface area contributed by atoms with Crippen LogP contribution in [0.3, 0.4) is 0 Å². The third-order valence-corrected chi connectivity index (χ3v) is 3.00. The van der Waals surface area contributed by atoms with Crippen molar-refractivity contribution in [1.82, 2.24) is 4.98 Å². The van der Waals surface area contributed by atoms with Gasteiger partial charge in [-0.3, -0.25) is 9.78 Å². The molecule has 2 heterocycles. The number of Topliss-reactive ketones (excluding diaryl/α,β-unsaturated/α-hetero) is 1. The summed E-state index contributed by atoms with van der Waals surface area (Å²) in [7, 11) is 0. The third kappa shape index (κ3) is 3.29. The highest BCUT2D eigenvalue weighted by Gasteiger charge is 2.23. The van der Waals surface area contributed by atoms with Crippen LogP contribution in [0.1, 0.15) is 36.5 Å². The molecular formula is C14H19NO3. The van der Waals surface area contributed by atoms with Gasteiger partial charge in [0.25, 0.3) is 0 Å². The van der Waals surface area contributed by atoms with Gasteiger partial charge in [0.1, 0.15) is 5.75 Å². The quantitative estimate of drug-likeness (QED) is 0.752. The van der Waals surface area contributed by atoms with E-state index in [9.17, 15) is 4.79 Å². The summed E-state index contributed by atoms with van der Waals surface area (Å²) in [4.78, 5) is 16.3. The lowest BCUT2D eigenvalue weighted by Crippen LogP contribution is -2.25. The summed E-state index contributed by atoms with van der Waals surface area (Å²) in [6.45, 7) is 3.98. The molecule has 0 N–H and O–H groups in total. The average Bonchev–Trinajstić information content (AvgIpc) is 2.45. The van der Waals surface area contributed by atoms with Crippen molar-refractivity contribution >= 4 is 5.78 Å². The number of nitrogens with zero attached hydrogens (tertiary/aromatic N) is 1. The zero-order valence-electron chi connectivity index (χ0n) is 10.7. The molecule has 4 nitrogen and oxygen atoms in total. The molecule has 0 bridgehead atoms. The molecule has 18 heavy (non-hydrogen) atoms. The topological polar surface area (TPSA) is 48.4 Å². The fourth-order valence-electron chi connectivity index (χ4n) is 2.04. The van der Waals surface area contributed by atoms with Crippen LogP contribution >= 0.6 is 0 Å². The molecule has 2 rings (SSSR count). The first kappa shape index (κ1) is 13.0. The number of pyridine rings is 1. The second kappa shape index (κ2) is 6.50. The Morgan fingerprint density at radius 2 is 2.44 bits per heavy atom. The summed E-state index contributed by atoms with van der Waals surface area (Å²) in [6, 6.07) is 1.78. The number of hydrogen-bond acceptors (Lipinski definition) is 4. The van der Waals surface area contributed by atoms with Crippen molar-refractivity contribution in [3.8, 4) is 5.75 Å². The van der Waals surface area contributed by atoms with Crippen LogP contribution in [0.4, 0.5) is 0 Å². The molecular weight excluding hydrogens is 230 g/mol. The highest BCUT2D eigenvalue weighted by Crippen LogP contribution is 2.20. The van der Waals surface area contributed by atoms with Gasteiger partial charge < -0.3 is 9.47 Å². The number of rotatable bonds is 5. The Labute approximate surface area is 107 Å². The van der Waals surface area contributed by atoms with Crippen LogP contribution in [-0.2, 0) is 4.74 Å². The van der Waals surface area contributed by atoms with E-state index in [4.69, 9.17) is 9.47 Å². The van der Waals surface area contributed by atoms with Gasteiger partial charge in [0.2, 0.25) is 0 Å². The number of ether oxygens (including phenoxy) is 2. The minimum Gasteiger partial charge on any atom is -0.492 e. The molecule has 1 fully saturated rings. The zero-order chi connectivity index (χ0) is 12.8. The molecule has 1 saturated heterocycles. The normalized spacial score (nSPS) is 19.5. The van der Waals surface area contributed by atoms with Crippen LogP contribution in [0.5, 0.6) is 5.75 Å². The number of aromatic nitrogens is 1. The van der Waals surface area contributed by atoms with E-state index in [0.717, 1.165) is 25.9 Å². The van der Waals surface area contributed by atoms with Crippen molar-refractivity contribution in [1.29, 1.82) is 0 Å². The summed E-state index contributed by atoms with van der Waals surface area (Å²) < 4.78 is 10.8. The van der Waals surface area contributed by atoms with E-state index in [1.165, 1.54) is 0 Å². The van der Waals surface area contributed by atoms with E-state index < -0.39 is 0 Å². The Kier molecular flexibility index (Phi) is 4.70. The predicted octanol–water partition coefficient (Wildman–Crippen LogP) is 2.48. The highest BCUT2D eigenvalue weighted by atomic mass is 16.5. The SMILES string of the molecule is CCCOc1cncc(C(=O)C2CCCOC2)c1. The van der Waals surface area contributed by atoms with Crippen LogP contribution in [0.15, 0.2) is 18.5 Å². The fraction of sp³-hybridized carbons (Fsp3) is 0.571. The van der Waals surface area contributed by atoms with E-state index >= 15 is 0 Å². The van der Waals surface area contributed by atoms with E-state index in [1.807, 2.05) is 6.92 Å². The van der Waals surface area contributed by atoms with Crippen molar-refractivity contribution < 1.29 is 14.3 Å². The van der Waals surface area contributed by atoms with Crippen molar-refractivity contribution in [3.63, 3.8) is 0 Å². The molecule has 1 aliphatic heterocycles. The second-order valence-corrected chi connectivity index (χ2v) is 4.54. The van der Waals surface area contributed by atoms with Gasteiger partial charge in [0, 0.05) is 24.3 Å². The van der Waals surface area contributed by atoms with Gasteiger partial charge >= 0.3 is 0 Å². The molecule has 0 amide bonds. The molecule has 0 saturated carbocycles. The van der Waals surface area contributed by atoms with Gasteiger partial charge in [0.15, 0.2) is 5.78 Å². The second-order valence-electron chi connectivity index (χ2n) is 4.54. The Hall–Kier alpha value is -1.42. The van der Waals surface area contributed by atoms with Gasteiger partial charge in [-0.1, -0.05) is 6.92 Å². The lowest BCUT2D eigenvalue weighted by atomic mass is 9.93. The minimum absolute atomic E-state index is 0.0259. The third-order valence-electron chi connectivity index (χ3n) is 3.00. The number of ketones is 1. The minimum atomic E-state index is -0.0259. The Balaban J connectivity index is 2.04. The van der Waals surface area contributed by atoms with Gasteiger partial charge in [-0.15, -0.1) is 0 Å². The molecule has 0 aliphatic carbocycles. The van der Waals surface area contributed by atoms with Gasteiger partial charge in [-0.05, 0) is 25.3 Å². The lowest BCUT2D eigenvalue weighted by Gasteiger charge is -2.20. The number of hydrogen-bond donors (Lipinski definition) is 0. The smallest absolute Gasteiger partial charge is 0.169 e. The van der Waals surface area contributed by atoms with E-state index in [-0.39, 0.29) is 11.7 Å². The van der Waals surface area contributed by atoms with Crippen molar-refractivity contribution in [2.24, 2.45) is 5.92 Å². The largest absolute Gasteiger partial charge is 0.492 e. The summed E-state index contributed by atoms with van der Waals surface area (Å²) in [6.07, 6.45) is 6.04. The van der Waals surface area contributed by atoms with E-state index in [1.54, 1.807) is 18.5 Å². The maximum Gasteiger partial charge on any atom is 0.169 e. The van der Waals surface area contributed by atoms with Crippen LogP contribution in [0, 0.1) is 5.92 Å². The molecule has 1 aromatic heterocycles. The number of carbonyl (C=O) groups excluding carboxylic acids is 1. The summed E-state index contributed by atoms with van der Waals surface area (Å²) in [5, 5.41) is 0. The fourth-order valence-corrected chi connectivity index (χ4v) is 2.04. The molecule has 1 atom stereocenters. The summed E-state index contributed by atoms with van der Waals surface area (Å²) in [5.74, 6) is 0.755. The first-order valence-corrected chi connectivity index (χ1v) is 6.51. The predicted molar refractivity (Wildman–Crippen MR) is 67.9 cm³/mol. The van der Waals surface area contributed by atoms with Crippen LogP contribution < -0.4 is 4.74 Å². The maximum absolute atomic E-state index is 12.3. The molecule has 98 valence electrons. The van der Waals surface area contributed by atoms with Crippen LogP contribution in [0.2, 0.25) is 0 Å². The van der Waals surface area contributed by atoms with Crippen molar-refractivity contribution in [2.45, 2.75) is 26.2 Å². The molecule has 4 heteroatoms.